The van der Waals surface area contributed by atoms with Gasteiger partial charge in [-0.3, -0.25) is 14.8 Å². The van der Waals surface area contributed by atoms with Gasteiger partial charge in [0, 0.05) is 32.1 Å². The maximum absolute atomic E-state index is 12.4. The minimum Gasteiger partial charge on any atom is -0.280 e. The highest BCUT2D eigenvalue weighted by molar-refractivity contribution is 9.10. The SMILES string of the molecule is O=[N+]([O-])c1ccc(Sc2ccc(NS(=O)(=O)c3ccc(Br)cc3)cc2)cc1. The van der Waals surface area contributed by atoms with Crippen molar-refractivity contribution >= 4 is 49.1 Å². The van der Waals surface area contributed by atoms with Crippen LogP contribution in [-0.2, 0) is 10.0 Å². The zero-order valence-corrected chi connectivity index (χ0v) is 16.9. The predicted molar refractivity (Wildman–Crippen MR) is 109 cm³/mol. The number of anilines is 1. The van der Waals surface area contributed by atoms with Gasteiger partial charge in [-0.25, -0.2) is 8.42 Å². The molecule has 0 atom stereocenters. The summed E-state index contributed by atoms with van der Waals surface area (Å²) < 4.78 is 28.1. The fraction of sp³-hybridized carbons (Fsp3) is 0. The van der Waals surface area contributed by atoms with E-state index in [9.17, 15) is 18.5 Å². The molecular weight excluding hydrogens is 452 g/mol. The van der Waals surface area contributed by atoms with E-state index in [1.54, 1.807) is 48.5 Å². The first kappa shape index (κ1) is 19.4. The first-order chi connectivity index (χ1) is 12.8. The van der Waals surface area contributed by atoms with E-state index < -0.39 is 14.9 Å². The van der Waals surface area contributed by atoms with E-state index in [1.165, 1.54) is 36.0 Å². The highest BCUT2D eigenvalue weighted by Crippen LogP contribution is 2.30. The quantitative estimate of drug-likeness (QED) is 0.394. The van der Waals surface area contributed by atoms with Crippen LogP contribution >= 0.6 is 27.7 Å². The molecule has 9 heteroatoms. The Morgan fingerprint density at radius 2 is 1.37 bits per heavy atom. The second-order valence-corrected chi connectivity index (χ2v) is 9.18. The van der Waals surface area contributed by atoms with Crippen molar-refractivity contribution in [2.45, 2.75) is 14.7 Å². The molecule has 3 aromatic rings. The van der Waals surface area contributed by atoms with Crippen LogP contribution in [0, 0.1) is 10.1 Å². The lowest BCUT2D eigenvalue weighted by molar-refractivity contribution is -0.384. The van der Waals surface area contributed by atoms with Crippen LogP contribution in [0.25, 0.3) is 0 Å². The zero-order valence-electron chi connectivity index (χ0n) is 13.7. The van der Waals surface area contributed by atoms with Crippen molar-refractivity contribution in [3.63, 3.8) is 0 Å². The first-order valence-corrected chi connectivity index (χ1v) is 10.7. The Balaban J connectivity index is 1.69. The van der Waals surface area contributed by atoms with Crippen molar-refractivity contribution in [2.24, 2.45) is 0 Å². The standard InChI is InChI=1S/C18H13BrN2O4S2/c19-13-1-11-18(12-2-13)27(24,25)20-14-3-7-16(8-4-14)26-17-9-5-15(6-10-17)21(22)23/h1-12,20H. The number of nitro groups is 1. The van der Waals surface area contributed by atoms with Crippen LogP contribution in [0.2, 0.25) is 0 Å². The van der Waals surface area contributed by atoms with Gasteiger partial charge in [0.1, 0.15) is 0 Å². The van der Waals surface area contributed by atoms with E-state index >= 15 is 0 Å². The van der Waals surface area contributed by atoms with Gasteiger partial charge < -0.3 is 0 Å². The molecule has 1 N–H and O–H groups in total. The fourth-order valence-corrected chi connectivity index (χ4v) is 4.33. The highest BCUT2D eigenvalue weighted by atomic mass is 79.9. The topological polar surface area (TPSA) is 89.3 Å². The lowest BCUT2D eigenvalue weighted by Crippen LogP contribution is -2.12. The third-order valence-corrected chi connectivity index (χ3v) is 6.46. The Hall–Kier alpha value is -2.36. The number of nitrogens with one attached hydrogen (secondary N) is 1. The van der Waals surface area contributed by atoms with Crippen molar-refractivity contribution in [3.8, 4) is 0 Å². The highest BCUT2D eigenvalue weighted by Gasteiger charge is 2.14. The molecule has 0 radical (unpaired) electrons. The Kier molecular flexibility index (Phi) is 5.83. The number of non-ortho nitro benzene ring substituents is 1. The largest absolute Gasteiger partial charge is 0.280 e. The van der Waals surface area contributed by atoms with Gasteiger partial charge in [-0.05, 0) is 60.7 Å². The van der Waals surface area contributed by atoms with E-state index in [1.807, 2.05) is 0 Å². The molecule has 0 aliphatic rings. The van der Waals surface area contributed by atoms with E-state index in [0.717, 1.165) is 14.3 Å². The van der Waals surface area contributed by atoms with Gasteiger partial charge >= 0.3 is 0 Å². The number of nitro benzene ring substituents is 1. The Morgan fingerprint density at radius 1 is 0.852 bits per heavy atom. The summed E-state index contributed by atoms with van der Waals surface area (Å²) in [6, 6.07) is 19.5. The Bertz CT molecular complexity index is 1050. The molecule has 0 saturated heterocycles. The molecule has 0 aliphatic carbocycles. The Morgan fingerprint density at radius 3 is 1.89 bits per heavy atom. The molecule has 0 saturated carbocycles. The summed E-state index contributed by atoms with van der Waals surface area (Å²) in [6.45, 7) is 0. The molecule has 0 spiro atoms. The second kappa shape index (κ2) is 8.12. The molecule has 0 aromatic heterocycles. The molecule has 0 aliphatic heterocycles. The summed E-state index contributed by atoms with van der Waals surface area (Å²) in [7, 11) is -3.66. The van der Waals surface area contributed by atoms with Gasteiger partial charge in [-0.1, -0.05) is 27.7 Å². The van der Waals surface area contributed by atoms with Crippen molar-refractivity contribution in [3.05, 3.63) is 87.4 Å². The van der Waals surface area contributed by atoms with Gasteiger partial charge in [0.05, 0.1) is 9.82 Å². The number of rotatable bonds is 6. The van der Waals surface area contributed by atoms with Crippen LogP contribution in [0.4, 0.5) is 11.4 Å². The predicted octanol–water partition coefficient (Wildman–Crippen LogP) is 5.31. The summed E-state index contributed by atoms with van der Waals surface area (Å²) in [6.07, 6.45) is 0. The molecule has 0 fully saturated rings. The monoisotopic (exact) mass is 464 g/mol. The summed E-state index contributed by atoms with van der Waals surface area (Å²) >= 11 is 4.70. The van der Waals surface area contributed by atoms with Gasteiger partial charge in [0.25, 0.3) is 15.7 Å². The number of benzene rings is 3. The van der Waals surface area contributed by atoms with Crippen LogP contribution in [0.15, 0.2) is 92.0 Å². The number of hydrogen-bond donors (Lipinski definition) is 1. The molecule has 138 valence electrons. The number of nitrogens with zero attached hydrogens (tertiary/aromatic N) is 1. The number of sulfonamides is 1. The van der Waals surface area contributed by atoms with Gasteiger partial charge in [-0.15, -0.1) is 0 Å². The first-order valence-electron chi connectivity index (χ1n) is 7.64. The zero-order chi connectivity index (χ0) is 19.4. The summed E-state index contributed by atoms with van der Waals surface area (Å²) in [4.78, 5) is 12.1. The number of halogens is 1. The van der Waals surface area contributed by atoms with Gasteiger partial charge in [0.15, 0.2) is 0 Å². The van der Waals surface area contributed by atoms with E-state index in [2.05, 4.69) is 20.7 Å². The average Bonchev–Trinajstić information content (AvgIpc) is 2.64. The van der Waals surface area contributed by atoms with Gasteiger partial charge in [-0.2, -0.15) is 0 Å². The Labute approximate surface area is 168 Å². The van der Waals surface area contributed by atoms with Crippen molar-refractivity contribution in [2.75, 3.05) is 4.72 Å². The molecule has 6 nitrogen and oxygen atoms in total. The maximum atomic E-state index is 12.4. The maximum Gasteiger partial charge on any atom is 0.269 e. The van der Waals surface area contributed by atoms with Crippen molar-refractivity contribution in [1.29, 1.82) is 0 Å². The van der Waals surface area contributed by atoms with Crippen LogP contribution in [0.5, 0.6) is 0 Å². The van der Waals surface area contributed by atoms with E-state index in [-0.39, 0.29) is 10.6 Å². The molecule has 27 heavy (non-hydrogen) atoms. The van der Waals surface area contributed by atoms with Gasteiger partial charge in [0.2, 0.25) is 0 Å². The van der Waals surface area contributed by atoms with Crippen molar-refractivity contribution < 1.29 is 13.3 Å². The molecule has 3 rings (SSSR count). The average molecular weight is 465 g/mol. The third kappa shape index (κ3) is 5.09. The number of hydrogen-bond acceptors (Lipinski definition) is 5. The molecule has 0 unspecified atom stereocenters. The van der Waals surface area contributed by atoms with E-state index in [0.29, 0.717) is 5.69 Å². The normalized spacial score (nSPS) is 11.1. The minimum absolute atomic E-state index is 0.0389. The molecule has 3 aromatic carbocycles. The smallest absolute Gasteiger partial charge is 0.269 e. The lowest BCUT2D eigenvalue weighted by atomic mass is 10.3. The summed E-state index contributed by atoms with van der Waals surface area (Å²) in [5.74, 6) is 0. The molecular formula is C18H13BrN2O4S2. The van der Waals surface area contributed by atoms with Crippen LogP contribution in [-0.4, -0.2) is 13.3 Å². The van der Waals surface area contributed by atoms with Crippen LogP contribution in [0.3, 0.4) is 0 Å². The van der Waals surface area contributed by atoms with E-state index in [4.69, 9.17) is 0 Å². The summed E-state index contributed by atoms with van der Waals surface area (Å²) in [5, 5.41) is 10.7. The van der Waals surface area contributed by atoms with Crippen LogP contribution in [0.1, 0.15) is 0 Å². The second-order valence-electron chi connectivity index (χ2n) is 5.44. The third-order valence-electron chi connectivity index (χ3n) is 3.51. The lowest BCUT2D eigenvalue weighted by Gasteiger charge is -2.09. The molecule has 0 heterocycles. The summed E-state index contributed by atoms with van der Waals surface area (Å²) in [5.41, 5.74) is 0.489. The molecule has 0 amide bonds. The fourth-order valence-electron chi connectivity index (χ4n) is 2.19. The van der Waals surface area contributed by atoms with Crippen molar-refractivity contribution in [1.82, 2.24) is 0 Å². The van der Waals surface area contributed by atoms with Crippen LogP contribution < -0.4 is 4.72 Å². The minimum atomic E-state index is -3.66. The molecule has 0 bridgehead atoms.